The molecular formula is C18H24N4O3S2. The first-order valence-electron chi connectivity index (χ1n) is 8.96. The lowest BCUT2D eigenvalue weighted by atomic mass is 9.99. The fourth-order valence-electron chi connectivity index (χ4n) is 3.43. The number of ketones is 1. The lowest BCUT2D eigenvalue weighted by Crippen LogP contribution is -2.39. The summed E-state index contributed by atoms with van der Waals surface area (Å²) in [7, 11) is -3.60. The monoisotopic (exact) mass is 408 g/mol. The summed E-state index contributed by atoms with van der Waals surface area (Å²) in [5.41, 5.74) is 0.506. The predicted octanol–water partition coefficient (Wildman–Crippen LogP) is 2.79. The van der Waals surface area contributed by atoms with E-state index in [1.165, 1.54) is 23.4 Å². The molecule has 2 heterocycles. The number of rotatable bonds is 6. The van der Waals surface area contributed by atoms with Crippen LogP contribution in [0, 0.1) is 0 Å². The Bertz CT molecular complexity index is 923. The van der Waals surface area contributed by atoms with E-state index in [2.05, 4.69) is 14.8 Å². The van der Waals surface area contributed by atoms with Gasteiger partial charge in [-0.1, -0.05) is 23.9 Å². The number of nitrogens with zero attached hydrogens (tertiary/aromatic N) is 4. The Morgan fingerprint density at radius 2 is 1.96 bits per heavy atom. The van der Waals surface area contributed by atoms with Gasteiger partial charge in [0.15, 0.2) is 10.9 Å². The van der Waals surface area contributed by atoms with E-state index < -0.39 is 10.0 Å². The Morgan fingerprint density at radius 1 is 1.26 bits per heavy atom. The first-order valence-corrected chi connectivity index (χ1v) is 11.6. The average Bonchev–Trinajstić information content (AvgIpc) is 3.11. The summed E-state index contributed by atoms with van der Waals surface area (Å²) < 4.78 is 29.7. The number of hydrogen-bond acceptors (Lipinski definition) is 6. The van der Waals surface area contributed by atoms with Crippen molar-refractivity contribution in [3.8, 4) is 0 Å². The maximum absolute atomic E-state index is 13.1. The third-order valence-corrected chi connectivity index (χ3v) is 7.44. The fraction of sp³-hybridized carbons (Fsp3) is 0.500. The lowest BCUT2D eigenvalue weighted by molar-refractivity contribution is 0.101. The topological polar surface area (TPSA) is 85.2 Å². The summed E-state index contributed by atoms with van der Waals surface area (Å²) in [6, 6.07) is 6.15. The number of benzene rings is 1. The Hall–Kier alpha value is -1.71. The van der Waals surface area contributed by atoms with Crippen molar-refractivity contribution in [2.45, 2.75) is 49.2 Å². The molecule has 146 valence electrons. The molecule has 0 spiro atoms. The van der Waals surface area contributed by atoms with E-state index in [4.69, 9.17) is 0 Å². The van der Waals surface area contributed by atoms with Crippen molar-refractivity contribution in [1.29, 1.82) is 0 Å². The minimum Gasteiger partial charge on any atom is -0.306 e. The van der Waals surface area contributed by atoms with Gasteiger partial charge in [-0.3, -0.25) is 4.79 Å². The van der Waals surface area contributed by atoms with Crippen LogP contribution < -0.4 is 0 Å². The van der Waals surface area contributed by atoms with Crippen molar-refractivity contribution in [2.75, 3.05) is 19.3 Å². The predicted molar refractivity (Wildman–Crippen MR) is 105 cm³/mol. The van der Waals surface area contributed by atoms with E-state index in [1.807, 2.05) is 13.2 Å². The quantitative estimate of drug-likeness (QED) is 0.540. The molecule has 0 N–H and O–H groups in total. The summed E-state index contributed by atoms with van der Waals surface area (Å²) in [5, 5.41) is 9.42. The third kappa shape index (κ3) is 3.95. The maximum atomic E-state index is 13.1. The van der Waals surface area contributed by atoms with Gasteiger partial charge in [0.1, 0.15) is 5.82 Å². The van der Waals surface area contributed by atoms with Gasteiger partial charge in [0.2, 0.25) is 10.0 Å². The van der Waals surface area contributed by atoms with Crippen LogP contribution in [0.25, 0.3) is 0 Å². The highest BCUT2D eigenvalue weighted by molar-refractivity contribution is 7.98. The summed E-state index contributed by atoms with van der Waals surface area (Å²) in [5.74, 6) is 0.799. The van der Waals surface area contributed by atoms with Crippen LogP contribution in [0.15, 0.2) is 34.3 Å². The Kier molecular flexibility index (Phi) is 6.02. The van der Waals surface area contributed by atoms with Crippen molar-refractivity contribution in [3.63, 3.8) is 0 Å². The fourth-order valence-corrected chi connectivity index (χ4v) is 5.52. The summed E-state index contributed by atoms with van der Waals surface area (Å²) >= 11 is 1.54. The first-order chi connectivity index (χ1) is 12.9. The van der Waals surface area contributed by atoms with Gasteiger partial charge >= 0.3 is 0 Å². The minimum absolute atomic E-state index is 0.0263. The van der Waals surface area contributed by atoms with Gasteiger partial charge in [-0.05, 0) is 45.1 Å². The Morgan fingerprint density at radius 3 is 2.56 bits per heavy atom. The molecule has 1 atom stereocenters. The first kappa shape index (κ1) is 20.0. The number of carbonyl (C=O) groups is 1. The smallest absolute Gasteiger partial charge is 0.243 e. The van der Waals surface area contributed by atoms with Crippen LogP contribution in [0.2, 0.25) is 0 Å². The van der Waals surface area contributed by atoms with Gasteiger partial charge in [0.25, 0.3) is 0 Å². The van der Waals surface area contributed by atoms with Crippen LogP contribution in [-0.2, 0) is 16.6 Å². The van der Waals surface area contributed by atoms with E-state index in [0.29, 0.717) is 18.7 Å². The zero-order valence-electron chi connectivity index (χ0n) is 15.8. The van der Waals surface area contributed by atoms with Crippen LogP contribution in [-0.4, -0.2) is 52.6 Å². The normalized spacial score (nSPS) is 18.6. The summed E-state index contributed by atoms with van der Waals surface area (Å²) in [4.78, 5) is 11.6. The van der Waals surface area contributed by atoms with Crippen LogP contribution >= 0.6 is 11.8 Å². The van der Waals surface area contributed by atoms with Crippen molar-refractivity contribution in [1.82, 2.24) is 19.1 Å². The molecule has 27 heavy (non-hydrogen) atoms. The summed E-state index contributed by atoms with van der Waals surface area (Å²) in [6.07, 6.45) is 3.63. The number of Topliss-reactive ketones (excluding diaryl/α,β-unsaturated/α-hetero) is 1. The van der Waals surface area contributed by atoms with Gasteiger partial charge in [-0.2, -0.15) is 4.31 Å². The highest BCUT2D eigenvalue weighted by Gasteiger charge is 2.33. The van der Waals surface area contributed by atoms with E-state index >= 15 is 0 Å². The van der Waals surface area contributed by atoms with Crippen LogP contribution in [0.4, 0.5) is 0 Å². The van der Waals surface area contributed by atoms with Crippen LogP contribution in [0.3, 0.4) is 0 Å². The van der Waals surface area contributed by atoms with Gasteiger partial charge in [0, 0.05) is 31.1 Å². The zero-order valence-corrected chi connectivity index (χ0v) is 17.4. The molecule has 0 amide bonds. The van der Waals surface area contributed by atoms with E-state index in [9.17, 15) is 13.2 Å². The number of piperidine rings is 1. The highest BCUT2D eigenvalue weighted by Crippen LogP contribution is 2.31. The largest absolute Gasteiger partial charge is 0.306 e. The SMILES string of the molecule is CCn1c(SC)nnc1C1CCCN(S(=O)(=O)c2ccc(C(C)=O)cc2)C1. The van der Waals surface area contributed by atoms with Crippen molar-refractivity contribution in [3.05, 3.63) is 35.7 Å². The van der Waals surface area contributed by atoms with Crippen molar-refractivity contribution < 1.29 is 13.2 Å². The molecule has 0 saturated carbocycles. The molecule has 2 aromatic rings. The Labute approximate surface area is 164 Å². The standard InChI is InChI=1S/C18H24N4O3S2/c1-4-22-17(19-20-18(22)26-3)15-6-5-11-21(12-15)27(24,25)16-9-7-14(8-10-16)13(2)23/h7-10,15H,4-6,11-12H2,1-3H3. The minimum atomic E-state index is -3.60. The summed E-state index contributed by atoms with van der Waals surface area (Å²) in [6.45, 7) is 5.15. The maximum Gasteiger partial charge on any atom is 0.243 e. The molecule has 9 heteroatoms. The molecule has 1 unspecified atom stereocenters. The molecule has 0 radical (unpaired) electrons. The molecular weight excluding hydrogens is 384 g/mol. The van der Waals surface area contributed by atoms with Gasteiger partial charge in [-0.25, -0.2) is 8.42 Å². The van der Waals surface area contributed by atoms with E-state index in [-0.39, 0.29) is 16.6 Å². The van der Waals surface area contributed by atoms with Crippen molar-refractivity contribution in [2.24, 2.45) is 0 Å². The van der Waals surface area contributed by atoms with Crippen molar-refractivity contribution >= 4 is 27.6 Å². The zero-order chi connectivity index (χ0) is 19.6. The molecule has 1 aromatic carbocycles. The average molecular weight is 409 g/mol. The van der Waals surface area contributed by atoms with Gasteiger partial charge in [-0.15, -0.1) is 10.2 Å². The second-order valence-corrected chi connectivity index (χ2v) is 9.28. The molecule has 7 nitrogen and oxygen atoms in total. The number of hydrogen-bond donors (Lipinski definition) is 0. The number of thioether (sulfide) groups is 1. The number of carbonyl (C=O) groups excluding carboxylic acids is 1. The molecule has 1 saturated heterocycles. The second-order valence-electron chi connectivity index (χ2n) is 6.57. The van der Waals surface area contributed by atoms with Crippen LogP contribution in [0.1, 0.15) is 48.8 Å². The molecule has 3 rings (SSSR count). The van der Waals surface area contributed by atoms with Crippen LogP contribution in [0.5, 0.6) is 0 Å². The third-order valence-electron chi connectivity index (χ3n) is 4.89. The Balaban J connectivity index is 1.85. The molecule has 1 aliphatic heterocycles. The van der Waals surface area contributed by atoms with Gasteiger partial charge in [0.05, 0.1) is 4.90 Å². The number of sulfonamides is 1. The lowest BCUT2D eigenvalue weighted by Gasteiger charge is -2.31. The molecule has 0 aliphatic carbocycles. The molecule has 1 fully saturated rings. The molecule has 1 aliphatic rings. The second kappa shape index (κ2) is 8.12. The highest BCUT2D eigenvalue weighted by atomic mass is 32.2. The van der Waals surface area contributed by atoms with Gasteiger partial charge < -0.3 is 4.57 Å². The number of aromatic nitrogens is 3. The molecule has 0 bridgehead atoms. The van der Waals surface area contributed by atoms with E-state index in [0.717, 1.165) is 30.4 Å². The van der Waals surface area contributed by atoms with E-state index in [1.54, 1.807) is 23.9 Å². The molecule has 1 aromatic heterocycles.